The third kappa shape index (κ3) is 3.05. The molecule has 0 radical (unpaired) electrons. The van der Waals surface area contributed by atoms with Crippen LogP contribution in [-0.2, 0) is 20.9 Å². The van der Waals surface area contributed by atoms with E-state index in [-0.39, 0.29) is 18.6 Å². The van der Waals surface area contributed by atoms with E-state index in [0.717, 1.165) is 0 Å². The molecule has 0 amide bonds. The van der Waals surface area contributed by atoms with Crippen LogP contribution in [0.25, 0.3) is 0 Å². The minimum Gasteiger partial charge on any atom is -0.460 e. The number of ketones is 1. The number of carbonyl (C=O) groups excluding carboxylic acids is 2. The molecule has 1 aromatic rings. The zero-order valence-electron chi connectivity index (χ0n) is 8.40. The Morgan fingerprint density at radius 1 is 1.47 bits per heavy atom. The molecule has 0 saturated heterocycles. The Bertz CT molecular complexity index is 423. The normalized spacial score (nSPS) is 9.67. The fraction of sp³-hybridized carbons (Fsp3) is 0.300. The second-order valence-corrected chi connectivity index (χ2v) is 2.86. The van der Waals surface area contributed by atoms with E-state index in [0.29, 0.717) is 0 Å². The fourth-order valence-corrected chi connectivity index (χ4v) is 1.05. The van der Waals surface area contributed by atoms with Gasteiger partial charge in [-0.3, -0.25) is 10.2 Å². The molecule has 0 saturated carbocycles. The lowest BCUT2D eigenvalue weighted by atomic mass is 10.3. The smallest absolute Gasteiger partial charge is 0.376 e. The third-order valence-corrected chi connectivity index (χ3v) is 1.76. The predicted molar refractivity (Wildman–Crippen MR) is 51.9 cm³/mol. The molecule has 0 bridgehead atoms. The summed E-state index contributed by atoms with van der Waals surface area (Å²) in [5.74, 6) is -1.50. The SMILES string of the molecule is CCOC(=O)C(=O)Cn1ccccc1=N. The van der Waals surface area contributed by atoms with Crippen molar-refractivity contribution in [2.24, 2.45) is 0 Å². The van der Waals surface area contributed by atoms with Gasteiger partial charge in [0.25, 0.3) is 5.78 Å². The molecule has 1 aromatic heterocycles. The Balaban J connectivity index is 2.71. The highest BCUT2D eigenvalue weighted by molar-refractivity contribution is 6.33. The van der Waals surface area contributed by atoms with Crippen LogP contribution in [0.15, 0.2) is 24.4 Å². The molecule has 1 rings (SSSR count). The first-order chi connectivity index (χ1) is 7.15. The van der Waals surface area contributed by atoms with Gasteiger partial charge in [-0.15, -0.1) is 0 Å². The number of hydrogen-bond donors (Lipinski definition) is 1. The van der Waals surface area contributed by atoms with E-state index >= 15 is 0 Å². The van der Waals surface area contributed by atoms with Gasteiger partial charge in [-0.1, -0.05) is 6.07 Å². The highest BCUT2D eigenvalue weighted by Crippen LogP contribution is 1.87. The van der Waals surface area contributed by atoms with Crippen LogP contribution in [0.5, 0.6) is 0 Å². The number of rotatable bonds is 4. The standard InChI is InChI=1S/C10H12N2O3/c1-2-15-10(14)8(13)7-12-6-4-3-5-9(12)11/h3-6,11H,2,7H2,1H3. The quantitative estimate of drug-likeness (QED) is 0.563. The van der Waals surface area contributed by atoms with E-state index in [1.165, 1.54) is 4.57 Å². The monoisotopic (exact) mass is 208 g/mol. The topological polar surface area (TPSA) is 72.2 Å². The maximum absolute atomic E-state index is 11.3. The van der Waals surface area contributed by atoms with Gasteiger partial charge in [-0.25, -0.2) is 4.79 Å². The summed E-state index contributed by atoms with van der Waals surface area (Å²) >= 11 is 0. The molecule has 0 aliphatic heterocycles. The first kappa shape index (κ1) is 11.2. The van der Waals surface area contributed by atoms with E-state index in [4.69, 9.17) is 5.41 Å². The van der Waals surface area contributed by atoms with Crippen molar-refractivity contribution in [3.05, 3.63) is 29.9 Å². The lowest BCUT2D eigenvalue weighted by molar-refractivity contribution is -0.153. The number of nitrogens with zero attached hydrogens (tertiary/aromatic N) is 1. The second kappa shape index (κ2) is 5.09. The van der Waals surface area contributed by atoms with Crippen molar-refractivity contribution in [1.82, 2.24) is 4.57 Å². The number of hydrogen-bond acceptors (Lipinski definition) is 4. The van der Waals surface area contributed by atoms with Crippen LogP contribution < -0.4 is 5.49 Å². The van der Waals surface area contributed by atoms with Gasteiger partial charge in [-0.2, -0.15) is 0 Å². The van der Waals surface area contributed by atoms with Crippen LogP contribution in [0.1, 0.15) is 6.92 Å². The van der Waals surface area contributed by atoms with Gasteiger partial charge >= 0.3 is 5.97 Å². The average molecular weight is 208 g/mol. The van der Waals surface area contributed by atoms with Gasteiger partial charge in [0.15, 0.2) is 0 Å². The molecule has 15 heavy (non-hydrogen) atoms. The lowest BCUT2D eigenvalue weighted by Crippen LogP contribution is -2.28. The number of carbonyl (C=O) groups is 2. The zero-order chi connectivity index (χ0) is 11.3. The number of ether oxygens (including phenoxy) is 1. The van der Waals surface area contributed by atoms with Crippen molar-refractivity contribution in [3.8, 4) is 0 Å². The summed E-state index contributed by atoms with van der Waals surface area (Å²) in [6.45, 7) is 1.66. The van der Waals surface area contributed by atoms with Crippen LogP contribution >= 0.6 is 0 Å². The van der Waals surface area contributed by atoms with Gasteiger partial charge < -0.3 is 9.30 Å². The molecule has 1 N–H and O–H groups in total. The third-order valence-electron chi connectivity index (χ3n) is 1.76. The molecule has 0 spiro atoms. The minimum atomic E-state index is -0.853. The summed E-state index contributed by atoms with van der Waals surface area (Å²) in [7, 11) is 0. The molecule has 5 heteroatoms. The van der Waals surface area contributed by atoms with Crippen LogP contribution in [0, 0.1) is 5.41 Å². The summed E-state index contributed by atoms with van der Waals surface area (Å²) in [5.41, 5.74) is 0.176. The first-order valence-corrected chi connectivity index (χ1v) is 4.55. The Morgan fingerprint density at radius 2 is 2.20 bits per heavy atom. The molecule has 80 valence electrons. The summed E-state index contributed by atoms with van der Waals surface area (Å²) in [5, 5.41) is 7.47. The molecule has 0 aliphatic carbocycles. The minimum absolute atomic E-state index is 0.154. The molecular formula is C10H12N2O3. The van der Waals surface area contributed by atoms with Crippen molar-refractivity contribution in [1.29, 1.82) is 5.41 Å². The van der Waals surface area contributed by atoms with Crippen LogP contribution in [-0.4, -0.2) is 22.9 Å². The second-order valence-electron chi connectivity index (χ2n) is 2.86. The zero-order valence-corrected chi connectivity index (χ0v) is 8.40. The van der Waals surface area contributed by atoms with Crippen molar-refractivity contribution in [2.75, 3.05) is 6.61 Å². The van der Waals surface area contributed by atoms with Gasteiger partial charge in [0.2, 0.25) is 0 Å². The summed E-state index contributed by atoms with van der Waals surface area (Å²) < 4.78 is 5.93. The number of esters is 1. The van der Waals surface area contributed by atoms with Gasteiger partial charge in [-0.05, 0) is 19.1 Å². The van der Waals surface area contributed by atoms with Gasteiger partial charge in [0, 0.05) is 6.20 Å². The molecule has 0 atom stereocenters. The summed E-state index contributed by atoms with van der Waals surface area (Å²) in [6, 6.07) is 4.92. The lowest BCUT2D eigenvalue weighted by Gasteiger charge is -2.04. The number of aromatic nitrogens is 1. The molecule has 0 aliphatic rings. The van der Waals surface area contributed by atoms with E-state index in [2.05, 4.69) is 4.74 Å². The van der Waals surface area contributed by atoms with Gasteiger partial charge in [0.05, 0.1) is 13.2 Å². The highest BCUT2D eigenvalue weighted by atomic mass is 16.5. The van der Waals surface area contributed by atoms with Gasteiger partial charge in [0.1, 0.15) is 5.49 Å². The van der Waals surface area contributed by atoms with E-state index in [9.17, 15) is 9.59 Å². The van der Waals surface area contributed by atoms with Crippen LogP contribution in [0.3, 0.4) is 0 Å². The summed E-state index contributed by atoms with van der Waals surface area (Å²) in [6.07, 6.45) is 1.57. The average Bonchev–Trinajstić information content (AvgIpc) is 2.21. The molecule has 1 heterocycles. The molecule has 5 nitrogen and oxygen atoms in total. The van der Waals surface area contributed by atoms with E-state index < -0.39 is 11.8 Å². The van der Waals surface area contributed by atoms with E-state index in [1.54, 1.807) is 31.3 Å². The maximum atomic E-state index is 11.3. The Hall–Kier alpha value is -1.91. The predicted octanol–water partition coefficient (Wildman–Crippen LogP) is 0.0998. The Morgan fingerprint density at radius 3 is 2.80 bits per heavy atom. The highest BCUT2D eigenvalue weighted by Gasteiger charge is 2.14. The van der Waals surface area contributed by atoms with Crippen molar-refractivity contribution >= 4 is 11.8 Å². The largest absolute Gasteiger partial charge is 0.460 e. The number of nitrogens with one attached hydrogen (secondary N) is 1. The molecule has 0 aromatic carbocycles. The Kier molecular flexibility index (Phi) is 3.79. The molecule has 0 fully saturated rings. The molecule has 0 unspecified atom stereocenters. The van der Waals surface area contributed by atoms with Crippen molar-refractivity contribution in [2.45, 2.75) is 13.5 Å². The van der Waals surface area contributed by atoms with E-state index in [1.807, 2.05) is 0 Å². The maximum Gasteiger partial charge on any atom is 0.376 e. The van der Waals surface area contributed by atoms with Crippen molar-refractivity contribution in [3.63, 3.8) is 0 Å². The first-order valence-electron chi connectivity index (χ1n) is 4.55. The van der Waals surface area contributed by atoms with Crippen LogP contribution in [0.2, 0.25) is 0 Å². The van der Waals surface area contributed by atoms with Crippen molar-refractivity contribution < 1.29 is 14.3 Å². The number of Topliss-reactive ketones (excluding diaryl/α,β-unsaturated/α-hetero) is 1. The summed E-state index contributed by atoms with van der Waals surface area (Å²) in [4.78, 5) is 22.3. The Labute approximate surface area is 86.8 Å². The number of pyridine rings is 1. The van der Waals surface area contributed by atoms with Crippen LogP contribution in [0.4, 0.5) is 0 Å². The molecular weight excluding hydrogens is 196 g/mol. The fourth-order valence-electron chi connectivity index (χ4n) is 1.05.